The van der Waals surface area contributed by atoms with Crippen LogP contribution in [-0.2, 0) is 4.74 Å². The molecule has 0 bridgehead atoms. The Morgan fingerprint density at radius 3 is 2.92 bits per heavy atom. The second kappa shape index (κ2) is 4.40. The number of hydrogen-bond donors (Lipinski definition) is 1. The molecule has 2 aliphatic rings. The van der Waals surface area contributed by atoms with Crippen molar-refractivity contribution in [1.82, 2.24) is 10.2 Å². The van der Waals surface area contributed by atoms with Gasteiger partial charge in [-0.05, 0) is 39.4 Å². The largest absolute Gasteiger partial charge is 0.372 e. The fourth-order valence-corrected chi connectivity index (χ4v) is 2.25. The number of nitrogens with zero attached hydrogens (tertiary/aromatic N) is 1. The average molecular weight is 184 g/mol. The zero-order valence-electron chi connectivity index (χ0n) is 8.46. The SMILES string of the molecule is CN1CCCC(O[C@@H]2CCNC2)C1. The van der Waals surface area contributed by atoms with Crippen molar-refractivity contribution in [3.63, 3.8) is 0 Å². The van der Waals surface area contributed by atoms with E-state index in [9.17, 15) is 0 Å². The minimum atomic E-state index is 0.483. The van der Waals surface area contributed by atoms with Crippen molar-refractivity contribution in [3.8, 4) is 0 Å². The lowest BCUT2D eigenvalue weighted by Crippen LogP contribution is -2.39. The number of likely N-dealkylation sites (N-methyl/N-ethyl adjacent to an activating group) is 1. The third kappa shape index (κ3) is 2.66. The third-order valence-electron chi connectivity index (χ3n) is 2.98. The van der Waals surface area contributed by atoms with Gasteiger partial charge in [0.15, 0.2) is 0 Å². The smallest absolute Gasteiger partial charge is 0.0715 e. The molecule has 3 nitrogen and oxygen atoms in total. The Bertz CT molecular complexity index is 157. The van der Waals surface area contributed by atoms with Crippen LogP contribution < -0.4 is 5.32 Å². The fourth-order valence-electron chi connectivity index (χ4n) is 2.25. The van der Waals surface area contributed by atoms with Crippen LogP contribution in [0.25, 0.3) is 0 Å². The molecule has 0 amide bonds. The van der Waals surface area contributed by atoms with Gasteiger partial charge in [0.25, 0.3) is 0 Å². The van der Waals surface area contributed by atoms with Crippen molar-refractivity contribution < 1.29 is 4.74 Å². The number of hydrogen-bond acceptors (Lipinski definition) is 3. The molecule has 2 heterocycles. The molecule has 0 aromatic rings. The Morgan fingerprint density at radius 1 is 1.31 bits per heavy atom. The number of likely N-dealkylation sites (tertiary alicyclic amines) is 1. The molecule has 2 fully saturated rings. The lowest BCUT2D eigenvalue weighted by atomic mass is 10.1. The highest BCUT2D eigenvalue weighted by Gasteiger charge is 2.23. The van der Waals surface area contributed by atoms with E-state index in [1.165, 1.54) is 25.8 Å². The predicted octanol–water partition coefficient (Wildman–Crippen LogP) is 0.459. The van der Waals surface area contributed by atoms with E-state index in [2.05, 4.69) is 17.3 Å². The van der Waals surface area contributed by atoms with E-state index in [4.69, 9.17) is 4.74 Å². The molecule has 0 saturated carbocycles. The number of nitrogens with one attached hydrogen (secondary N) is 1. The molecule has 0 radical (unpaired) electrons. The molecule has 0 spiro atoms. The molecule has 13 heavy (non-hydrogen) atoms. The molecule has 3 heteroatoms. The Balaban J connectivity index is 1.73. The summed E-state index contributed by atoms with van der Waals surface area (Å²) in [5.74, 6) is 0. The summed E-state index contributed by atoms with van der Waals surface area (Å²) >= 11 is 0. The van der Waals surface area contributed by atoms with Gasteiger partial charge in [0, 0.05) is 13.1 Å². The summed E-state index contributed by atoms with van der Waals surface area (Å²) in [6.45, 7) is 4.55. The topological polar surface area (TPSA) is 24.5 Å². The van der Waals surface area contributed by atoms with Crippen molar-refractivity contribution in [1.29, 1.82) is 0 Å². The number of ether oxygens (including phenoxy) is 1. The zero-order chi connectivity index (χ0) is 9.10. The van der Waals surface area contributed by atoms with Gasteiger partial charge in [-0.25, -0.2) is 0 Å². The summed E-state index contributed by atoms with van der Waals surface area (Å²) in [5, 5.41) is 3.33. The molecule has 2 aliphatic heterocycles. The molecule has 0 aromatic heterocycles. The van der Waals surface area contributed by atoms with Crippen LogP contribution >= 0.6 is 0 Å². The lowest BCUT2D eigenvalue weighted by molar-refractivity contribution is -0.0347. The maximum Gasteiger partial charge on any atom is 0.0715 e. The first kappa shape index (κ1) is 9.44. The van der Waals surface area contributed by atoms with Gasteiger partial charge in [-0.2, -0.15) is 0 Å². The molecular formula is C10H20N2O. The van der Waals surface area contributed by atoms with E-state index in [-0.39, 0.29) is 0 Å². The van der Waals surface area contributed by atoms with Gasteiger partial charge in [0.1, 0.15) is 0 Å². The van der Waals surface area contributed by atoms with E-state index >= 15 is 0 Å². The van der Waals surface area contributed by atoms with Gasteiger partial charge < -0.3 is 15.0 Å². The summed E-state index contributed by atoms with van der Waals surface area (Å²) < 4.78 is 6.02. The van der Waals surface area contributed by atoms with Gasteiger partial charge in [0.05, 0.1) is 12.2 Å². The monoisotopic (exact) mass is 184 g/mol. The summed E-state index contributed by atoms with van der Waals surface area (Å²) in [6, 6.07) is 0. The minimum absolute atomic E-state index is 0.483. The maximum absolute atomic E-state index is 6.02. The Kier molecular flexibility index (Phi) is 3.19. The molecule has 2 saturated heterocycles. The molecule has 0 aliphatic carbocycles. The summed E-state index contributed by atoms with van der Waals surface area (Å²) in [4.78, 5) is 2.37. The van der Waals surface area contributed by atoms with Crippen LogP contribution in [0.1, 0.15) is 19.3 Å². The highest BCUT2D eigenvalue weighted by Crippen LogP contribution is 2.15. The number of rotatable bonds is 2. The Morgan fingerprint density at radius 2 is 2.23 bits per heavy atom. The third-order valence-corrected chi connectivity index (χ3v) is 2.98. The summed E-state index contributed by atoms with van der Waals surface area (Å²) in [5.41, 5.74) is 0. The van der Waals surface area contributed by atoms with Gasteiger partial charge in [-0.1, -0.05) is 0 Å². The summed E-state index contributed by atoms with van der Waals surface area (Å²) in [6.07, 6.45) is 4.71. The van der Waals surface area contributed by atoms with Crippen molar-refractivity contribution in [2.24, 2.45) is 0 Å². The average Bonchev–Trinajstić information content (AvgIpc) is 2.57. The molecule has 76 valence electrons. The van der Waals surface area contributed by atoms with Crippen molar-refractivity contribution >= 4 is 0 Å². The van der Waals surface area contributed by atoms with E-state index in [1.54, 1.807) is 0 Å². The number of piperidine rings is 1. The fraction of sp³-hybridized carbons (Fsp3) is 1.00. The Labute approximate surface area is 80.4 Å². The van der Waals surface area contributed by atoms with Gasteiger partial charge >= 0.3 is 0 Å². The van der Waals surface area contributed by atoms with Crippen molar-refractivity contribution in [2.45, 2.75) is 31.5 Å². The molecule has 1 N–H and O–H groups in total. The normalized spacial score (nSPS) is 36.7. The van der Waals surface area contributed by atoms with Crippen LogP contribution in [0.15, 0.2) is 0 Å². The van der Waals surface area contributed by atoms with Gasteiger partial charge in [-0.15, -0.1) is 0 Å². The molecular weight excluding hydrogens is 164 g/mol. The van der Waals surface area contributed by atoms with Crippen LogP contribution in [0, 0.1) is 0 Å². The first-order chi connectivity index (χ1) is 6.34. The van der Waals surface area contributed by atoms with Crippen LogP contribution in [-0.4, -0.2) is 50.3 Å². The van der Waals surface area contributed by atoms with Crippen LogP contribution in [0.3, 0.4) is 0 Å². The quantitative estimate of drug-likeness (QED) is 0.675. The first-order valence-electron chi connectivity index (χ1n) is 5.39. The van der Waals surface area contributed by atoms with Crippen molar-refractivity contribution in [3.05, 3.63) is 0 Å². The standard InChI is InChI=1S/C10H20N2O/c1-12-6-2-3-10(8-12)13-9-4-5-11-7-9/h9-11H,2-8H2,1H3/t9-,10?/m1/s1. The highest BCUT2D eigenvalue weighted by molar-refractivity contribution is 4.76. The van der Waals surface area contributed by atoms with Crippen molar-refractivity contribution in [2.75, 3.05) is 33.2 Å². The second-order valence-corrected chi connectivity index (χ2v) is 4.28. The van der Waals surface area contributed by atoms with Gasteiger partial charge in [-0.3, -0.25) is 0 Å². The van der Waals surface area contributed by atoms with E-state index in [0.29, 0.717) is 12.2 Å². The molecule has 2 atom stereocenters. The first-order valence-corrected chi connectivity index (χ1v) is 5.39. The van der Waals surface area contributed by atoms with E-state index < -0.39 is 0 Å². The predicted molar refractivity (Wildman–Crippen MR) is 52.9 cm³/mol. The molecule has 0 aromatic carbocycles. The van der Waals surface area contributed by atoms with E-state index in [1.807, 2.05) is 0 Å². The van der Waals surface area contributed by atoms with Crippen LogP contribution in [0.4, 0.5) is 0 Å². The van der Waals surface area contributed by atoms with Gasteiger partial charge in [0.2, 0.25) is 0 Å². The second-order valence-electron chi connectivity index (χ2n) is 4.28. The van der Waals surface area contributed by atoms with Crippen LogP contribution in [0.5, 0.6) is 0 Å². The maximum atomic E-state index is 6.02. The zero-order valence-corrected chi connectivity index (χ0v) is 8.46. The minimum Gasteiger partial charge on any atom is -0.372 e. The summed E-state index contributed by atoms with van der Waals surface area (Å²) in [7, 11) is 2.18. The molecule has 1 unspecified atom stereocenters. The Hall–Kier alpha value is -0.120. The van der Waals surface area contributed by atoms with E-state index in [0.717, 1.165) is 19.6 Å². The lowest BCUT2D eigenvalue weighted by Gasteiger charge is -2.31. The highest BCUT2D eigenvalue weighted by atomic mass is 16.5. The van der Waals surface area contributed by atoms with Crippen LogP contribution in [0.2, 0.25) is 0 Å². The molecule has 2 rings (SSSR count).